The summed E-state index contributed by atoms with van der Waals surface area (Å²) in [5, 5.41) is 8.87. The highest BCUT2D eigenvalue weighted by atomic mass is 32.2. The number of aliphatic carboxylic acids is 1. The number of hydrogen-bond donors (Lipinski definition) is 1. The van der Waals surface area contributed by atoms with Gasteiger partial charge in [-0.15, -0.1) is 23.5 Å². The Balaban J connectivity index is 2.23. The smallest absolute Gasteiger partial charge is 0.305 e. The summed E-state index contributed by atoms with van der Waals surface area (Å²) in [4.78, 5) is 15.4. The Bertz CT molecular complexity index is 437. The summed E-state index contributed by atoms with van der Waals surface area (Å²) in [5.41, 5.74) is 1.14. The van der Waals surface area contributed by atoms with Gasteiger partial charge < -0.3 is 10.0 Å². The van der Waals surface area contributed by atoms with E-state index in [1.807, 2.05) is 7.05 Å². The van der Waals surface area contributed by atoms with Crippen LogP contribution in [0.15, 0.2) is 28.0 Å². The van der Waals surface area contributed by atoms with Crippen molar-refractivity contribution in [3.8, 4) is 0 Å². The van der Waals surface area contributed by atoms with Crippen LogP contribution in [0.2, 0.25) is 0 Å². The number of thioether (sulfide) groups is 2. The van der Waals surface area contributed by atoms with Gasteiger partial charge in [-0.25, -0.2) is 0 Å². The van der Waals surface area contributed by atoms with Crippen molar-refractivity contribution in [1.29, 1.82) is 0 Å². The molecule has 1 aliphatic rings. The van der Waals surface area contributed by atoms with Crippen molar-refractivity contribution in [2.45, 2.75) is 22.3 Å². The summed E-state index contributed by atoms with van der Waals surface area (Å²) >= 11 is 3.48. The molecular weight excluding hydrogens is 254 g/mol. The molecule has 1 N–H and O–H groups in total. The van der Waals surface area contributed by atoms with Crippen LogP contribution in [0.1, 0.15) is 6.42 Å². The minimum atomic E-state index is -0.730. The number of anilines is 1. The lowest BCUT2D eigenvalue weighted by Gasteiger charge is -2.34. The molecule has 1 aliphatic heterocycles. The van der Waals surface area contributed by atoms with E-state index in [4.69, 9.17) is 5.11 Å². The lowest BCUT2D eigenvalue weighted by molar-refractivity contribution is -0.137. The summed E-state index contributed by atoms with van der Waals surface area (Å²) < 4.78 is 0. The molecule has 0 saturated heterocycles. The van der Waals surface area contributed by atoms with Gasteiger partial charge in [0.15, 0.2) is 0 Å². The van der Waals surface area contributed by atoms with Gasteiger partial charge in [0.05, 0.1) is 12.1 Å². The quantitative estimate of drug-likeness (QED) is 0.854. The zero-order valence-electron chi connectivity index (χ0n) is 9.84. The van der Waals surface area contributed by atoms with Crippen LogP contribution in [0.3, 0.4) is 0 Å². The van der Waals surface area contributed by atoms with Crippen molar-refractivity contribution in [1.82, 2.24) is 0 Å². The molecule has 3 nitrogen and oxygen atoms in total. The Morgan fingerprint density at radius 2 is 2.41 bits per heavy atom. The molecule has 0 bridgehead atoms. The second kappa shape index (κ2) is 5.23. The van der Waals surface area contributed by atoms with Crippen molar-refractivity contribution in [2.75, 3.05) is 24.0 Å². The van der Waals surface area contributed by atoms with E-state index in [0.29, 0.717) is 0 Å². The van der Waals surface area contributed by atoms with E-state index >= 15 is 0 Å². The third-order valence-corrected chi connectivity index (χ3v) is 4.85. The molecule has 0 fully saturated rings. The molecule has 0 radical (unpaired) electrons. The predicted molar refractivity (Wildman–Crippen MR) is 73.4 cm³/mol. The number of benzene rings is 1. The Kier molecular flexibility index (Phi) is 3.89. The number of carboxylic acid groups (broad SMARTS) is 1. The molecule has 5 heteroatoms. The van der Waals surface area contributed by atoms with Crippen LogP contribution in [-0.2, 0) is 4.79 Å². The zero-order valence-corrected chi connectivity index (χ0v) is 11.5. The summed E-state index contributed by atoms with van der Waals surface area (Å²) in [5.74, 6) is 0.111. The molecule has 1 aromatic carbocycles. The average molecular weight is 269 g/mol. The average Bonchev–Trinajstić information content (AvgIpc) is 2.32. The van der Waals surface area contributed by atoms with Gasteiger partial charge in [0.25, 0.3) is 0 Å². The molecule has 92 valence electrons. The van der Waals surface area contributed by atoms with Crippen molar-refractivity contribution in [2.24, 2.45) is 0 Å². The maximum Gasteiger partial charge on any atom is 0.305 e. The second-order valence-corrected chi connectivity index (χ2v) is 5.95. The Labute approximate surface area is 110 Å². The van der Waals surface area contributed by atoms with Crippen LogP contribution in [0, 0.1) is 0 Å². The highest BCUT2D eigenvalue weighted by Gasteiger charge is 2.25. The third-order valence-electron chi connectivity index (χ3n) is 2.94. The maximum atomic E-state index is 10.8. The summed E-state index contributed by atoms with van der Waals surface area (Å²) in [6, 6.07) is 6.44. The Morgan fingerprint density at radius 3 is 3.06 bits per heavy atom. The van der Waals surface area contributed by atoms with Gasteiger partial charge in [-0.05, 0) is 24.5 Å². The van der Waals surface area contributed by atoms with Crippen LogP contribution >= 0.6 is 23.5 Å². The van der Waals surface area contributed by atoms with Crippen LogP contribution in [0.25, 0.3) is 0 Å². The molecule has 1 unspecified atom stereocenters. The van der Waals surface area contributed by atoms with Crippen LogP contribution < -0.4 is 4.90 Å². The van der Waals surface area contributed by atoms with E-state index < -0.39 is 5.97 Å². The largest absolute Gasteiger partial charge is 0.481 e. The number of fused-ring (bicyclic) bond motifs is 1. The molecule has 2 rings (SSSR count). The van der Waals surface area contributed by atoms with Crippen LogP contribution in [0.4, 0.5) is 5.69 Å². The van der Waals surface area contributed by atoms with Crippen molar-refractivity contribution in [3.63, 3.8) is 0 Å². The van der Waals surface area contributed by atoms with Crippen molar-refractivity contribution in [3.05, 3.63) is 18.2 Å². The van der Waals surface area contributed by atoms with Gasteiger partial charge in [0.1, 0.15) is 0 Å². The molecular formula is C12H15NO2S2. The Hall–Kier alpha value is -0.810. The number of carboxylic acids is 1. The number of rotatable bonds is 3. The highest BCUT2D eigenvalue weighted by Crippen LogP contribution is 2.39. The standard InChI is InChI=1S/C12H15NO2S2/c1-13-8(5-12(14)15)7-17-11-6-9(16-2)3-4-10(11)13/h3-4,6,8H,5,7H2,1-2H3,(H,14,15). The Morgan fingerprint density at radius 1 is 1.65 bits per heavy atom. The molecule has 0 amide bonds. The first kappa shape index (κ1) is 12.6. The topological polar surface area (TPSA) is 40.5 Å². The van der Waals surface area contributed by atoms with Gasteiger partial charge in [0, 0.05) is 28.6 Å². The lowest BCUT2D eigenvalue weighted by Crippen LogP contribution is -2.38. The zero-order chi connectivity index (χ0) is 12.4. The fourth-order valence-corrected chi connectivity index (χ4v) is 3.72. The minimum Gasteiger partial charge on any atom is -0.481 e. The molecule has 1 aromatic rings. The first-order valence-electron chi connectivity index (χ1n) is 5.37. The normalized spacial score (nSPS) is 18.9. The SMILES string of the molecule is CSc1ccc2c(c1)SCC(CC(=O)O)N2C. The van der Waals surface area contributed by atoms with E-state index in [2.05, 4.69) is 29.4 Å². The number of carbonyl (C=O) groups is 1. The summed E-state index contributed by atoms with van der Waals surface area (Å²) in [7, 11) is 1.98. The summed E-state index contributed by atoms with van der Waals surface area (Å²) in [6.45, 7) is 0. The minimum absolute atomic E-state index is 0.0881. The van der Waals surface area contributed by atoms with Gasteiger partial charge in [-0.2, -0.15) is 0 Å². The highest BCUT2D eigenvalue weighted by molar-refractivity contribution is 8.00. The third kappa shape index (κ3) is 2.72. The fourth-order valence-electron chi connectivity index (χ4n) is 1.92. The lowest BCUT2D eigenvalue weighted by atomic mass is 10.1. The van der Waals surface area contributed by atoms with E-state index in [0.717, 1.165) is 11.4 Å². The van der Waals surface area contributed by atoms with Gasteiger partial charge in [-0.1, -0.05) is 0 Å². The van der Waals surface area contributed by atoms with E-state index in [9.17, 15) is 4.79 Å². The molecule has 1 atom stereocenters. The monoisotopic (exact) mass is 269 g/mol. The van der Waals surface area contributed by atoms with Gasteiger partial charge >= 0.3 is 5.97 Å². The molecule has 17 heavy (non-hydrogen) atoms. The first-order chi connectivity index (χ1) is 8.11. The van der Waals surface area contributed by atoms with Gasteiger partial charge in [-0.3, -0.25) is 4.79 Å². The van der Waals surface area contributed by atoms with Gasteiger partial charge in [0.2, 0.25) is 0 Å². The first-order valence-corrected chi connectivity index (χ1v) is 7.58. The van der Waals surface area contributed by atoms with E-state index in [1.54, 1.807) is 23.5 Å². The van der Waals surface area contributed by atoms with E-state index in [1.165, 1.54) is 9.79 Å². The van der Waals surface area contributed by atoms with Crippen molar-refractivity contribution >= 4 is 35.2 Å². The number of hydrogen-bond acceptors (Lipinski definition) is 4. The second-order valence-electron chi connectivity index (χ2n) is 4.01. The van der Waals surface area contributed by atoms with Crippen molar-refractivity contribution < 1.29 is 9.90 Å². The van der Waals surface area contributed by atoms with Crippen LogP contribution in [-0.4, -0.2) is 36.2 Å². The molecule has 0 spiro atoms. The maximum absolute atomic E-state index is 10.8. The predicted octanol–water partition coefficient (Wildman–Crippen LogP) is 2.79. The van der Waals surface area contributed by atoms with E-state index in [-0.39, 0.29) is 12.5 Å². The molecule has 0 saturated carbocycles. The van der Waals surface area contributed by atoms with Crippen LogP contribution in [0.5, 0.6) is 0 Å². The fraction of sp³-hybridized carbons (Fsp3) is 0.417. The summed E-state index contributed by atoms with van der Waals surface area (Å²) in [6.07, 6.45) is 2.26. The molecule has 1 heterocycles. The number of nitrogens with zero attached hydrogens (tertiary/aromatic N) is 1. The molecule has 0 aliphatic carbocycles. The molecule has 0 aromatic heterocycles.